The second kappa shape index (κ2) is 10.1. The van der Waals surface area contributed by atoms with Gasteiger partial charge in [-0.2, -0.15) is 0 Å². The Hall–Kier alpha value is -4.04. The maximum Gasteiger partial charge on any atom is 0.232 e. The third-order valence-electron chi connectivity index (χ3n) is 6.89. The van der Waals surface area contributed by atoms with Gasteiger partial charge in [0.25, 0.3) is 0 Å². The zero-order chi connectivity index (χ0) is 26.1. The summed E-state index contributed by atoms with van der Waals surface area (Å²) in [6, 6.07) is 13.5. The molecular weight excluding hydrogens is 475 g/mol. The molecule has 1 saturated heterocycles. The first-order chi connectivity index (χ1) is 17.9. The molecule has 3 aromatic carbocycles. The van der Waals surface area contributed by atoms with Gasteiger partial charge in [0.05, 0.1) is 25.3 Å². The minimum Gasteiger partial charge on any atom is -0.507 e. The van der Waals surface area contributed by atoms with Crippen LogP contribution in [0, 0.1) is 12.7 Å². The van der Waals surface area contributed by atoms with E-state index in [1.807, 2.05) is 12.1 Å². The van der Waals surface area contributed by atoms with Gasteiger partial charge in [0.2, 0.25) is 5.78 Å². The van der Waals surface area contributed by atoms with Crippen LogP contribution in [0.15, 0.2) is 54.3 Å². The first-order valence-corrected chi connectivity index (χ1v) is 12.1. The van der Waals surface area contributed by atoms with Crippen LogP contribution >= 0.6 is 0 Å². The fraction of sp³-hybridized carbons (Fsp3) is 0.276. The summed E-state index contributed by atoms with van der Waals surface area (Å²) in [5.74, 6) is 1.23. The number of carbonyl (C=O) groups excluding carboxylic acids is 1. The van der Waals surface area contributed by atoms with Crippen molar-refractivity contribution in [3.05, 3.63) is 82.4 Å². The normalized spacial score (nSPS) is 16.6. The van der Waals surface area contributed by atoms with E-state index in [-0.39, 0.29) is 23.1 Å². The number of piperazine rings is 1. The van der Waals surface area contributed by atoms with Crippen LogP contribution in [0.1, 0.15) is 27.0 Å². The van der Waals surface area contributed by atoms with Crippen molar-refractivity contribution in [2.45, 2.75) is 13.5 Å². The highest BCUT2D eigenvalue weighted by Crippen LogP contribution is 2.43. The maximum atomic E-state index is 13.4. The fourth-order valence-electron chi connectivity index (χ4n) is 4.94. The molecule has 0 spiro atoms. The number of carbonyl (C=O) groups is 1. The van der Waals surface area contributed by atoms with E-state index in [4.69, 9.17) is 14.2 Å². The Morgan fingerprint density at radius 2 is 1.78 bits per heavy atom. The Labute approximate surface area is 215 Å². The number of Topliss-reactive ketones (excluding diaryl/α,β-unsaturated/α-hetero) is 1. The lowest BCUT2D eigenvalue weighted by atomic mass is 9.99. The molecule has 7 nitrogen and oxygen atoms in total. The number of fused-ring (bicyclic) bond motifs is 1. The minimum atomic E-state index is -0.251. The molecule has 37 heavy (non-hydrogen) atoms. The van der Waals surface area contributed by atoms with Crippen LogP contribution in [0.25, 0.3) is 6.08 Å². The number of hydrogen-bond donors (Lipinski definition) is 1. The first-order valence-electron chi connectivity index (χ1n) is 12.1. The van der Waals surface area contributed by atoms with Crippen LogP contribution in [0.3, 0.4) is 0 Å². The van der Waals surface area contributed by atoms with E-state index in [9.17, 15) is 14.3 Å². The molecule has 1 fully saturated rings. The van der Waals surface area contributed by atoms with Crippen LogP contribution in [-0.2, 0) is 6.54 Å². The molecule has 0 saturated carbocycles. The number of benzene rings is 3. The van der Waals surface area contributed by atoms with Crippen LogP contribution in [-0.4, -0.2) is 56.2 Å². The van der Waals surface area contributed by atoms with E-state index < -0.39 is 0 Å². The molecule has 0 aromatic heterocycles. The smallest absolute Gasteiger partial charge is 0.232 e. The van der Waals surface area contributed by atoms with Crippen LogP contribution in [0.5, 0.6) is 23.0 Å². The summed E-state index contributed by atoms with van der Waals surface area (Å²) in [6.45, 7) is 5.26. The van der Waals surface area contributed by atoms with Gasteiger partial charge in [-0.1, -0.05) is 12.1 Å². The largest absolute Gasteiger partial charge is 0.507 e. The summed E-state index contributed by atoms with van der Waals surface area (Å²) >= 11 is 0. The van der Waals surface area contributed by atoms with Gasteiger partial charge in [-0.3, -0.25) is 9.69 Å². The molecule has 0 amide bonds. The van der Waals surface area contributed by atoms with Gasteiger partial charge in [0, 0.05) is 44.0 Å². The van der Waals surface area contributed by atoms with Gasteiger partial charge in [-0.25, -0.2) is 4.39 Å². The number of halogens is 1. The summed E-state index contributed by atoms with van der Waals surface area (Å²) < 4.78 is 30.3. The van der Waals surface area contributed by atoms with Gasteiger partial charge in [0.1, 0.15) is 17.3 Å². The third kappa shape index (κ3) is 4.72. The Kier molecular flexibility index (Phi) is 6.76. The van der Waals surface area contributed by atoms with Gasteiger partial charge in [0.15, 0.2) is 17.3 Å². The standard InChI is InChI=1S/C29H29FN2O5/c1-18-15-23(33)22(17-31-11-13-32(14-12-31)21-9-7-20(30)8-10-21)29-26(18)27(34)25(37-29)16-19-5-4-6-24(35-2)28(19)36-3/h4-10,15-16,33H,11-14,17H2,1-3H3/b25-16-. The Morgan fingerprint density at radius 3 is 2.46 bits per heavy atom. The van der Waals surface area contributed by atoms with E-state index >= 15 is 0 Å². The van der Waals surface area contributed by atoms with Gasteiger partial charge < -0.3 is 24.2 Å². The molecular formula is C29H29FN2O5. The van der Waals surface area contributed by atoms with Crippen molar-refractivity contribution >= 4 is 17.5 Å². The lowest BCUT2D eigenvalue weighted by molar-refractivity contribution is 0.101. The predicted molar refractivity (Wildman–Crippen MR) is 139 cm³/mol. The predicted octanol–water partition coefficient (Wildman–Crippen LogP) is 4.80. The molecule has 0 radical (unpaired) electrons. The highest BCUT2D eigenvalue weighted by atomic mass is 19.1. The number of rotatable bonds is 6. The highest BCUT2D eigenvalue weighted by molar-refractivity contribution is 6.16. The van der Waals surface area contributed by atoms with Gasteiger partial charge in [-0.05, 0) is 55.0 Å². The lowest BCUT2D eigenvalue weighted by Crippen LogP contribution is -2.46. The zero-order valence-electron chi connectivity index (χ0n) is 21.1. The summed E-state index contributed by atoms with van der Waals surface area (Å²) in [5.41, 5.74) is 3.34. The molecule has 0 unspecified atom stereocenters. The number of para-hydroxylation sites is 1. The summed E-state index contributed by atoms with van der Waals surface area (Å²) in [7, 11) is 3.10. The van der Waals surface area contributed by atoms with E-state index in [2.05, 4.69) is 9.80 Å². The number of methoxy groups -OCH3 is 2. The summed E-state index contributed by atoms with van der Waals surface area (Å²) in [6.07, 6.45) is 1.64. The van der Waals surface area contributed by atoms with E-state index in [0.29, 0.717) is 46.0 Å². The number of ketones is 1. The molecule has 192 valence electrons. The Balaban J connectivity index is 1.38. The van der Waals surface area contributed by atoms with Crippen LogP contribution in [0.2, 0.25) is 0 Å². The number of hydrogen-bond acceptors (Lipinski definition) is 7. The number of nitrogens with zero attached hydrogens (tertiary/aromatic N) is 2. The minimum absolute atomic E-state index is 0.102. The molecule has 2 heterocycles. The molecule has 1 N–H and O–H groups in total. The number of phenols is 1. The maximum absolute atomic E-state index is 13.4. The van der Waals surface area contributed by atoms with Crippen molar-refractivity contribution < 1.29 is 28.5 Å². The molecule has 0 atom stereocenters. The highest BCUT2D eigenvalue weighted by Gasteiger charge is 2.34. The second-order valence-electron chi connectivity index (χ2n) is 9.16. The number of ether oxygens (including phenoxy) is 3. The van der Waals surface area contributed by atoms with Crippen molar-refractivity contribution in [3.63, 3.8) is 0 Å². The average Bonchev–Trinajstić information content (AvgIpc) is 3.23. The SMILES string of the molecule is COc1cccc(/C=C2\Oc3c(CN4CCN(c5ccc(F)cc5)CC4)c(O)cc(C)c3C2=O)c1OC. The molecule has 5 rings (SSSR count). The molecule has 3 aromatic rings. The van der Waals surface area contributed by atoms with Gasteiger partial charge >= 0.3 is 0 Å². The number of allylic oxidation sites excluding steroid dienone is 1. The fourth-order valence-corrected chi connectivity index (χ4v) is 4.94. The second-order valence-corrected chi connectivity index (χ2v) is 9.16. The molecule has 0 bridgehead atoms. The molecule has 2 aliphatic heterocycles. The Morgan fingerprint density at radius 1 is 1.05 bits per heavy atom. The van der Waals surface area contributed by atoms with Crippen LogP contribution in [0.4, 0.5) is 10.1 Å². The summed E-state index contributed by atoms with van der Waals surface area (Å²) in [5, 5.41) is 10.8. The number of aryl methyl sites for hydroxylation is 1. The van der Waals surface area contributed by atoms with Crippen molar-refractivity contribution in [1.29, 1.82) is 0 Å². The number of aromatic hydroxyl groups is 1. The average molecular weight is 505 g/mol. The van der Waals surface area contributed by atoms with Gasteiger partial charge in [-0.15, -0.1) is 0 Å². The van der Waals surface area contributed by atoms with Crippen molar-refractivity contribution in [2.75, 3.05) is 45.3 Å². The number of anilines is 1. The third-order valence-corrected chi connectivity index (χ3v) is 6.89. The quantitative estimate of drug-likeness (QED) is 0.484. The monoisotopic (exact) mass is 504 g/mol. The van der Waals surface area contributed by atoms with E-state index in [0.717, 1.165) is 31.9 Å². The van der Waals surface area contributed by atoms with Crippen molar-refractivity contribution in [1.82, 2.24) is 4.90 Å². The molecule has 8 heteroatoms. The van der Waals surface area contributed by atoms with E-state index in [1.165, 1.54) is 12.1 Å². The lowest BCUT2D eigenvalue weighted by Gasteiger charge is -2.36. The topological polar surface area (TPSA) is 71.5 Å². The summed E-state index contributed by atoms with van der Waals surface area (Å²) in [4.78, 5) is 17.8. The van der Waals surface area contributed by atoms with Crippen LogP contribution < -0.4 is 19.1 Å². The van der Waals surface area contributed by atoms with E-state index in [1.54, 1.807) is 51.5 Å². The Bertz CT molecular complexity index is 1360. The first kappa shape index (κ1) is 24.6. The number of phenolic OH excluding ortho intramolecular Hbond substituents is 1. The van der Waals surface area contributed by atoms with Crippen molar-refractivity contribution in [2.24, 2.45) is 0 Å². The van der Waals surface area contributed by atoms with Crippen molar-refractivity contribution in [3.8, 4) is 23.0 Å². The molecule has 2 aliphatic rings. The zero-order valence-corrected chi connectivity index (χ0v) is 21.1. The molecule has 0 aliphatic carbocycles.